The summed E-state index contributed by atoms with van der Waals surface area (Å²) in [5, 5.41) is 1.99. The van der Waals surface area contributed by atoms with Gasteiger partial charge in [0.25, 0.3) is 0 Å². The summed E-state index contributed by atoms with van der Waals surface area (Å²) in [6.45, 7) is 2.06. The van der Waals surface area contributed by atoms with Crippen molar-refractivity contribution in [2.75, 3.05) is 0 Å². The van der Waals surface area contributed by atoms with E-state index in [1.54, 1.807) is 0 Å². The van der Waals surface area contributed by atoms with E-state index in [0.717, 1.165) is 10.3 Å². The predicted molar refractivity (Wildman–Crippen MR) is 82.4 cm³/mol. The van der Waals surface area contributed by atoms with Gasteiger partial charge in [-0.2, -0.15) is 0 Å². The maximum atomic E-state index is 6.45. The Balaban J connectivity index is 2.14. The van der Waals surface area contributed by atoms with Gasteiger partial charge in [-0.15, -0.1) is 0 Å². The second kappa shape index (κ2) is 5.24. The van der Waals surface area contributed by atoms with Crippen molar-refractivity contribution in [3.05, 3.63) is 77.8 Å². The lowest BCUT2D eigenvalue weighted by Crippen LogP contribution is -2.12. The average Bonchev–Trinajstić information content (AvgIpc) is 3.06. The molecule has 19 heavy (non-hydrogen) atoms. The molecule has 0 aliphatic heterocycles. The van der Waals surface area contributed by atoms with Crippen LogP contribution in [0.3, 0.4) is 0 Å². The van der Waals surface area contributed by atoms with Crippen molar-refractivity contribution in [3.63, 3.8) is 0 Å². The molecule has 4 heteroatoms. The van der Waals surface area contributed by atoms with E-state index in [1.165, 1.54) is 5.56 Å². The van der Waals surface area contributed by atoms with Crippen LogP contribution in [0.15, 0.2) is 67.3 Å². The Bertz CT molecular complexity index is 625. The van der Waals surface area contributed by atoms with Gasteiger partial charge in [0.1, 0.15) is 8.22 Å². The van der Waals surface area contributed by atoms with Crippen LogP contribution in [0.1, 0.15) is 5.56 Å². The van der Waals surface area contributed by atoms with Gasteiger partial charge in [0.15, 0.2) is 0 Å². The van der Waals surface area contributed by atoms with Gasteiger partial charge >= 0.3 is 0 Å². The van der Waals surface area contributed by atoms with E-state index in [2.05, 4.69) is 52.5 Å². The molecule has 0 N–H and O–H groups in total. The van der Waals surface area contributed by atoms with Crippen molar-refractivity contribution in [1.29, 1.82) is 0 Å². The second-order valence-electron chi connectivity index (χ2n) is 4.37. The Morgan fingerprint density at radius 1 is 0.895 bits per heavy atom. The Hall–Kier alpha value is -1.50. The number of hydrogen-bond acceptors (Lipinski definition) is 0. The maximum Gasteiger partial charge on any atom is 0.138 e. The van der Waals surface area contributed by atoms with E-state index in [0.29, 0.717) is 0 Å². The number of aryl methyl sites for hydroxylation is 1. The molecule has 0 spiro atoms. The van der Waals surface area contributed by atoms with Crippen molar-refractivity contribution >= 4 is 25.1 Å². The van der Waals surface area contributed by atoms with Gasteiger partial charge in [-0.3, -0.25) is 0 Å². The minimum Gasteiger partial charge on any atom is -0.312 e. The Labute approximate surface area is 119 Å². The van der Waals surface area contributed by atoms with E-state index in [1.807, 2.05) is 30.3 Å². The van der Waals surface area contributed by atoms with Crippen LogP contribution < -0.4 is 5.30 Å². The molecule has 0 aliphatic rings. The number of hydrogen-bond donors (Lipinski definition) is 0. The van der Waals surface area contributed by atoms with Gasteiger partial charge < -0.3 is 8.68 Å². The van der Waals surface area contributed by atoms with Crippen LogP contribution in [0.5, 0.6) is 0 Å². The quantitative estimate of drug-likeness (QED) is 0.637. The van der Waals surface area contributed by atoms with Crippen molar-refractivity contribution < 1.29 is 0 Å². The molecule has 0 unspecified atom stereocenters. The van der Waals surface area contributed by atoms with Gasteiger partial charge in [0.05, 0.1) is 5.02 Å². The van der Waals surface area contributed by atoms with Crippen LogP contribution >= 0.6 is 19.8 Å². The summed E-state index contributed by atoms with van der Waals surface area (Å²) in [7, 11) is -0.704. The second-order valence-corrected chi connectivity index (χ2v) is 6.76. The SMILES string of the molecule is Cc1ccc(P(n2cccc2)n2cccc2)c(Cl)c1. The topological polar surface area (TPSA) is 9.86 Å². The summed E-state index contributed by atoms with van der Waals surface area (Å²) in [6.07, 6.45) is 8.34. The van der Waals surface area contributed by atoms with Crippen LogP contribution in [0.25, 0.3) is 0 Å². The number of rotatable bonds is 3. The molecule has 3 rings (SSSR count). The molecule has 2 heterocycles. The molecule has 1 aromatic carbocycles. The maximum absolute atomic E-state index is 6.45. The van der Waals surface area contributed by atoms with E-state index in [4.69, 9.17) is 11.6 Å². The number of halogens is 1. The van der Waals surface area contributed by atoms with Crippen molar-refractivity contribution in [2.24, 2.45) is 0 Å². The first-order valence-corrected chi connectivity index (χ1v) is 7.71. The third kappa shape index (κ3) is 2.47. The zero-order valence-corrected chi connectivity index (χ0v) is 12.2. The predicted octanol–water partition coefficient (Wildman–Crippen LogP) is 4.29. The monoisotopic (exact) mass is 288 g/mol. The molecule has 0 bridgehead atoms. The molecule has 0 fully saturated rings. The zero-order valence-electron chi connectivity index (χ0n) is 10.6. The van der Waals surface area contributed by atoms with Crippen LogP contribution in [0.4, 0.5) is 0 Å². The Kier molecular flexibility index (Phi) is 3.46. The number of aromatic nitrogens is 2. The van der Waals surface area contributed by atoms with Gasteiger partial charge in [-0.25, -0.2) is 0 Å². The van der Waals surface area contributed by atoms with Gasteiger partial charge in [0.2, 0.25) is 0 Å². The fraction of sp³-hybridized carbons (Fsp3) is 0.0667. The lowest BCUT2D eigenvalue weighted by Gasteiger charge is -2.21. The van der Waals surface area contributed by atoms with E-state index in [9.17, 15) is 0 Å². The fourth-order valence-corrected chi connectivity index (χ4v) is 4.52. The van der Waals surface area contributed by atoms with Gasteiger partial charge in [-0.05, 0) is 48.9 Å². The lowest BCUT2D eigenvalue weighted by atomic mass is 10.2. The van der Waals surface area contributed by atoms with Crippen molar-refractivity contribution in [1.82, 2.24) is 8.68 Å². The third-order valence-corrected chi connectivity index (χ3v) is 5.61. The Morgan fingerprint density at radius 3 is 1.89 bits per heavy atom. The first-order chi connectivity index (χ1) is 9.25. The zero-order chi connectivity index (χ0) is 13.2. The van der Waals surface area contributed by atoms with E-state index in [-0.39, 0.29) is 0 Å². The van der Waals surface area contributed by atoms with Crippen LogP contribution in [-0.4, -0.2) is 8.68 Å². The van der Waals surface area contributed by atoms with Crippen LogP contribution in [-0.2, 0) is 0 Å². The summed E-state index contributed by atoms with van der Waals surface area (Å²) in [6, 6.07) is 14.4. The highest BCUT2D eigenvalue weighted by Gasteiger charge is 2.17. The summed E-state index contributed by atoms with van der Waals surface area (Å²) >= 11 is 6.45. The smallest absolute Gasteiger partial charge is 0.138 e. The molecular formula is C15H14ClN2P. The first-order valence-electron chi connectivity index (χ1n) is 6.08. The molecule has 96 valence electrons. The van der Waals surface area contributed by atoms with E-state index < -0.39 is 8.22 Å². The largest absolute Gasteiger partial charge is 0.312 e. The normalized spacial score (nSPS) is 11.1. The molecule has 2 aromatic heterocycles. The Morgan fingerprint density at radius 2 is 1.42 bits per heavy atom. The molecule has 0 radical (unpaired) electrons. The van der Waals surface area contributed by atoms with Crippen LogP contribution in [0.2, 0.25) is 5.02 Å². The molecular weight excluding hydrogens is 275 g/mol. The van der Waals surface area contributed by atoms with Crippen LogP contribution in [0, 0.1) is 6.92 Å². The summed E-state index contributed by atoms with van der Waals surface area (Å²) in [4.78, 5) is 0. The average molecular weight is 289 g/mol. The minimum atomic E-state index is -0.704. The molecule has 0 amide bonds. The van der Waals surface area contributed by atoms with Gasteiger partial charge in [0, 0.05) is 30.1 Å². The lowest BCUT2D eigenvalue weighted by molar-refractivity contribution is 1.15. The molecule has 2 nitrogen and oxygen atoms in total. The molecule has 3 aromatic rings. The van der Waals surface area contributed by atoms with Crippen molar-refractivity contribution in [3.8, 4) is 0 Å². The fourth-order valence-electron chi connectivity index (χ4n) is 2.05. The molecule has 0 atom stereocenters. The molecule has 0 saturated carbocycles. The number of benzene rings is 1. The number of nitrogens with zero attached hydrogens (tertiary/aromatic N) is 2. The summed E-state index contributed by atoms with van der Waals surface area (Å²) < 4.78 is 4.43. The highest BCUT2D eigenvalue weighted by atomic mass is 35.5. The van der Waals surface area contributed by atoms with Crippen molar-refractivity contribution in [2.45, 2.75) is 6.92 Å². The highest BCUT2D eigenvalue weighted by Crippen LogP contribution is 2.40. The first kappa shape index (κ1) is 12.5. The third-order valence-electron chi connectivity index (χ3n) is 2.93. The summed E-state index contributed by atoms with van der Waals surface area (Å²) in [5.41, 5.74) is 1.18. The van der Waals surface area contributed by atoms with Gasteiger partial charge in [-0.1, -0.05) is 17.7 Å². The standard InChI is InChI=1S/C15H14ClN2P/c1-13-6-7-15(14(16)12-13)19(17-8-2-3-9-17)18-10-4-5-11-18/h2-12H,1H3. The summed E-state index contributed by atoms with van der Waals surface area (Å²) in [5.74, 6) is 0. The van der Waals surface area contributed by atoms with E-state index >= 15 is 0 Å². The molecule has 0 aliphatic carbocycles. The minimum absolute atomic E-state index is 0.704. The highest BCUT2D eigenvalue weighted by molar-refractivity contribution is 7.62. The molecule has 0 saturated heterocycles.